The zero-order chi connectivity index (χ0) is 20.4. The van der Waals surface area contributed by atoms with Crippen LogP contribution < -0.4 is 24.4 Å². The molecule has 8 heteroatoms. The molecule has 1 aromatic heterocycles. The van der Waals surface area contributed by atoms with Gasteiger partial charge in [-0.3, -0.25) is 0 Å². The Morgan fingerprint density at radius 3 is 2.00 bits per heavy atom. The van der Waals surface area contributed by atoms with Gasteiger partial charge in [0, 0.05) is 16.5 Å². The number of carbonyl (C=O) groups excluding carboxylic acids is 2. The minimum absolute atomic E-state index is 0.169. The molecule has 2 aromatic carbocycles. The van der Waals surface area contributed by atoms with E-state index >= 15 is 0 Å². The fourth-order valence-electron chi connectivity index (χ4n) is 3.08. The number of rotatable bonds is 6. The summed E-state index contributed by atoms with van der Waals surface area (Å²) >= 11 is 0. The summed E-state index contributed by atoms with van der Waals surface area (Å²) in [5.41, 5.74) is -0.646. The second-order valence-corrected chi connectivity index (χ2v) is 5.72. The minimum atomic E-state index is -1.63. The van der Waals surface area contributed by atoms with Crippen molar-refractivity contribution >= 4 is 22.8 Å². The first-order valence-corrected chi connectivity index (χ1v) is 8.08. The molecule has 0 fully saturated rings. The number of aromatic nitrogens is 1. The molecule has 0 radical (unpaired) electrons. The van der Waals surface area contributed by atoms with E-state index in [1.54, 1.807) is 12.1 Å². The van der Waals surface area contributed by atoms with E-state index in [-0.39, 0.29) is 44.8 Å². The van der Waals surface area contributed by atoms with Crippen molar-refractivity contribution in [3.05, 3.63) is 47.7 Å². The van der Waals surface area contributed by atoms with Crippen molar-refractivity contribution in [1.29, 1.82) is 0 Å². The zero-order valence-electron chi connectivity index (χ0n) is 15.3. The van der Waals surface area contributed by atoms with Crippen molar-refractivity contribution < 1.29 is 34.0 Å². The molecule has 0 saturated carbocycles. The van der Waals surface area contributed by atoms with Crippen LogP contribution in [0.1, 0.15) is 20.8 Å². The molecule has 3 aromatic rings. The summed E-state index contributed by atoms with van der Waals surface area (Å²) in [5, 5.41) is 24.0. The molecular formula is C20H15NO7-2. The van der Waals surface area contributed by atoms with Gasteiger partial charge in [0.05, 0.1) is 44.5 Å². The first-order chi connectivity index (χ1) is 13.4. The molecule has 0 bridgehead atoms. The third-order valence-electron chi connectivity index (χ3n) is 4.24. The minimum Gasteiger partial charge on any atom is -0.545 e. The number of carboxylic acids is 2. The Hall–Kier alpha value is -3.81. The highest BCUT2D eigenvalue weighted by atomic mass is 16.5. The van der Waals surface area contributed by atoms with E-state index in [4.69, 9.17) is 14.2 Å². The molecule has 0 aliphatic heterocycles. The van der Waals surface area contributed by atoms with Crippen LogP contribution in [0.5, 0.6) is 17.2 Å². The van der Waals surface area contributed by atoms with Crippen LogP contribution in [-0.2, 0) is 0 Å². The smallest absolute Gasteiger partial charge is 0.203 e. The van der Waals surface area contributed by atoms with E-state index in [9.17, 15) is 19.8 Å². The zero-order valence-corrected chi connectivity index (χ0v) is 15.3. The third kappa shape index (κ3) is 3.05. The van der Waals surface area contributed by atoms with Crippen LogP contribution in [0.15, 0.2) is 36.4 Å². The Morgan fingerprint density at radius 1 is 0.893 bits per heavy atom. The molecule has 0 saturated heterocycles. The second kappa shape index (κ2) is 7.43. The van der Waals surface area contributed by atoms with Gasteiger partial charge in [0.1, 0.15) is 0 Å². The molecule has 0 spiro atoms. The lowest BCUT2D eigenvalue weighted by atomic mass is 9.93. The Labute approximate surface area is 159 Å². The quantitative estimate of drug-likeness (QED) is 0.610. The summed E-state index contributed by atoms with van der Waals surface area (Å²) in [6.07, 6.45) is 0. The topological polar surface area (TPSA) is 121 Å². The molecule has 0 aliphatic carbocycles. The molecule has 3 rings (SSSR count). The summed E-state index contributed by atoms with van der Waals surface area (Å²) in [5.74, 6) is -2.47. The van der Waals surface area contributed by atoms with Gasteiger partial charge in [-0.2, -0.15) is 0 Å². The van der Waals surface area contributed by atoms with E-state index in [2.05, 4.69) is 4.98 Å². The van der Waals surface area contributed by atoms with E-state index in [1.165, 1.54) is 45.6 Å². The third-order valence-corrected chi connectivity index (χ3v) is 4.24. The van der Waals surface area contributed by atoms with Crippen molar-refractivity contribution in [3.63, 3.8) is 0 Å². The number of aromatic carboxylic acids is 2. The van der Waals surface area contributed by atoms with E-state index < -0.39 is 17.6 Å². The van der Waals surface area contributed by atoms with Crippen molar-refractivity contribution in [2.75, 3.05) is 21.3 Å². The summed E-state index contributed by atoms with van der Waals surface area (Å²) in [7, 11) is 4.19. The SMILES string of the molecule is COc1cc(-c2c(C(=O)[O-])nc3ccccc3c2C(=O)[O-])cc(OC)c1OC. The molecule has 0 N–H and O–H groups in total. The highest BCUT2D eigenvalue weighted by Crippen LogP contribution is 2.43. The number of carboxylic acid groups (broad SMARTS) is 2. The van der Waals surface area contributed by atoms with Crippen LogP contribution >= 0.6 is 0 Å². The van der Waals surface area contributed by atoms with Gasteiger partial charge in [0.25, 0.3) is 0 Å². The Bertz CT molecular complexity index is 1070. The molecule has 0 atom stereocenters. The summed E-state index contributed by atoms with van der Waals surface area (Å²) in [6.45, 7) is 0. The summed E-state index contributed by atoms with van der Waals surface area (Å²) in [6, 6.07) is 9.14. The predicted octanol–water partition coefficient (Wildman–Crippen LogP) is 0.655. The van der Waals surface area contributed by atoms with Crippen molar-refractivity contribution in [3.8, 4) is 28.4 Å². The number of benzene rings is 2. The molecule has 0 aliphatic rings. The average molecular weight is 381 g/mol. The number of carbonyl (C=O) groups is 2. The number of hydrogen-bond donors (Lipinski definition) is 0. The van der Waals surface area contributed by atoms with Gasteiger partial charge in [-0.05, 0) is 23.8 Å². The number of nitrogens with zero attached hydrogens (tertiary/aromatic N) is 1. The van der Waals surface area contributed by atoms with Gasteiger partial charge < -0.3 is 34.0 Å². The van der Waals surface area contributed by atoms with Crippen LogP contribution in [0.2, 0.25) is 0 Å². The van der Waals surface area contributed by atoms with Gasteiger partial charge in [-0.25, -0.2) is 4.98 Å². The van der Waals surface area contributed by atoms with Crippen LogP contribution in [0.4, 0.5) is 0 Å². The molecule has 144 valence electrons. The molecule has 0 unspecified atom stereocenters. The first kappa shape index (κ1) is 19.0. The number of fused-ring (bicyclic) bond motifs is 1. The van der Waals surface area contributed by atoms with Crippen molar-refractivity contribution in [1.82, 2.24) is 4.98 Å². The standard InChI is InChI=1S/C20H17NO7/c1-26-13-8-10(9-14(27-2)18(13)28-3)15-16(19(22)23)11-6-4-5-7-12(11)21-17(15)20(24)25/h4-9H,1-3H3,(H,22,23)(H,24,25)/p-2. The van der Waals surface area contributed by atoms with Gasteiger partial charge in [0.2, 0.25) is 5.75 Å². The highest BCUT2D eigenvalue weighted by molar-refractivity contribution is 6.12. The Balaban J connectivity index is 2.49. The Morgan fingerprint density at radius 2 is 1.50 bits per heavy atom. The lowest BCUT2D eigenvalue weighted by Gasteiger charge is -2.20. The van der Waals surface area contributed by atoms with E-state index in [0.29, 0.717) is 0 Å². The Kier molecular flexibility index (Phi) is 5.04. The molecule has 28 heavy (non-hydrogen) atoms. The van der Waals surface area contributed by atoms with Gasteiger partial charge in [-0.1, -0.05) is 18.2 Å². The second-order valence-electron chi connectivity index (χ2n) is 5.72. The van der Waals surface area contributed by atoms with E-state index in [0.717, 1.165) is 0 Å². The van der Waals surface area contributed by atoms with Crippen LogP contribution in [-0.4, -0.2) is 38.3 Å². The number of para-hydroxylation sites is 1. The van der Waals surface area contributed by atoms with Crippen LogP contribution in [0.3, 0.4) is 0 Å². The lowest BCUT2D eigenvalue weighted by molar-refractivity contribution is -0.255. The fraction of sp³-hybridized carbons (Fsp3) is 0.150. The molecule has 1 heterocycles. The predicted molar refractivity (Wildman–Crippen MR) is 95.5 cm³/mol. The normalized spacial score (nSPS) is 10.5. The van der Waals surface area contributed by atoms with Gasteiger partial charge in [-0.15, -0.1) is 0 Å². The van der Waals surface area contributed by atoms with Crippen molar-refractivity contribution in [2.24, 2.45) is 0 Å². The number of methoxy groups -OCH3 is 3. The highest BCUT2D eigenvalue weighted by Gasteiger charge is 2.22. The van der Waals surface area contributed by atoms with Gasteiger partial charge >= 0.3 is 0 Å². The summed E-state index contributed by atoms with van der Waals surface area (Å²) < 4.78 is 15.8. The maximum absolute atomic E-state index is 12.0. The molecule has 8 nitrogen and oxygen atoms in total. The summed E-state index contributed by atoms with van der Waals surface area (Å²) in [4.78, 5) is 27.8. The molecular weight excluding hydrogens is 366 g/mol. The monoisotopic (exact) mass is 381 g/mol. The largest absolute Gasteiger partial charge is 0.545 e. The average Bonchev–Trinajstić information content (AvgIpc) is 2.70. The van der Waals surface area contributed by atoms with Crippen molar-refractivity contribution in [2.45, 2.75) is 0 Å². The van der Waals surface area contributed by atoms with Crippen LogP contribution in [0.25, 0.3) is 22.0 Å². The lowest BCUT2D eigenvalue weighted by Crippen LogP contribution is -2.28. The maximum atomic E-state index is 12.0. The van der Waals surface area contributed by atoms with E-state index in [1.807, 2.05) is 0 Å². The first-order valence-electron chi connectivity index (χ1n) is 8.08. The fourth-order valence-corrected chi connectivity index (χ4v) is 3.08. The number of pyridine rings is 1. The maximum Gasteiger partial charge on any atom is 0.203 e. The molecule has 0 amide bonds. The van der Waals surface area contributed by atoms with Gasteiger partial charge in [0.15, 0.2) is 11.5 Å². The number of hydrogen-bond acceptors (Lipinski definition) is 8. The number of ether oxygens (including phenoxy) is 3. The van der Waals surface area contributed by atoms with Crippen LogP contribution in [0, 0.1) is 0 Å².